The number of carbonyl (C=O) groups excluding carboxylic acids is 1. The number of amides is 1. The van der Waals surface area contributed by atoms with Crippen LogP contribution in [0.25, 0.3) is 0 Å². The number of benzene rings is 3. The number of hydrogen-bond acceptors (Lipinski definition) is 10. The first-order valence-corrected chi connectivity index (χ1v) is 19.4. The second kappa shape index (κ2) is 19.0. The summed E-state index contributed by atoms with van der Waals surface area (Å²) in [6.45, 7) is 8.91. The van der Waals surface area contributed by atoms with Crippen molar-refractivity contribution in [2.75, 3.05) is 65.2 Å². The first-order valence-electron chi connectivity index (χ1n) is 18.0. The zero-order chi connectivity index (χ0) is 37.1. The lowest BCUT2D eigenvalue weighted by atomic mass is 9.83. The third-order valence-electron chi connectivity index (χ3n) is 9.71. The molecule has 2 aliphatic rings. The fourth-order valence-electron chi connectivity index (χ4n) is 6.95. The van der Waals surface area contributed by atoms with E-state index in [0.717, 1.165) is 53.2 Å². The van der Waals surface area contributed by atoms with E-state index in [9.17, 15) is 13.2 Å². The van der Waals surface area contributed by atoms with Crippen LogP contribution in [-0.2, 0) is 47.0 Å². The third kappa shape index (κ3) is 10.3. The summed E-state index contributed by atoms with van der Waals surface area (Å²) in [5.41, 5.74) is 7.12. The summed E-state index contributed by atoms with van der Waals surface area (Å²) in [5, 5.41) is 0. The molecule has 3 aromatic rings. The molecule has 0 bridgehead atoms. The van der Waals surface area contributed by atoms with E-state index in [1.54, 1.807) is 38.5 Å². The lowest BCUT2D eigenvalue weighted by Crippen LogP contribution is -2.53. The Morgan fingerprint density at radius 2 is 1.75 bits per heavy atom. The Morgan fingerprint density at radius 3 is 2.46 bits per heavy atom. The Hall–Kier alpha value is -3.56. The van der Waals surface area contributed by atoms with Gasteiger partial charge in [-0.3, -0.25) is 10.2 Å². The predicted octanol–water partition coefficient (Wildman–Crippen LogP) is 4.54. The average Bonchev–Trinajstić information content (AvgIpc) is 3.14. The second-order valence-corrected chi connectivity index (χ2v) is 15.7. The van der Waals surface area contributed by atoms with Crippen molar-refractivity contribution in [3.05, 3.63) is 89.0 Å². The molecule has 1 saturated heterocycles. The molecule has 0 aliphatic carbocycles. The monoisotopic (exact) mass is 738 g/mol. The van der Waals surface area contributed by atoms with Gasteiger partial charge in [0.1, 0.15) is 12.4 Å². The number of rotatable bonds is 18. The van der Waals surface area contributed by atoms with Crippen LogP contribution in [-0.4, -0.2) is 91.1 Å². The van der Waals surface area contributed by atoms with Gasteiger partial charge >= 0.3 is 0 Å². The summed E-state index contributed by atoms with van der Waals surface area (Å²) >= 11 is 0. The van der Waals surface area contributed by atoms with E-state index in [1.165, 1.54) is 4.31 Å². The standard InChI is InChI=1S/C39H54N4O8S/c1-28-6-13-34(14-7-28)52(45,46)43-23-38(51-27-31-10-15-37-36(20-31)42(17-19-50-37)16-5-18-47-3)35(21-33(43)22-39(44)41-40)32-11-8-30(9-12-32)26-49-25-29(2)24-48-4/h6-15,20,29,33,35,38H,5,16-19,21-27,40H2,1-4H3,(H,41,44)/t29-,33+,35+,38-/m0/s1. The fourth-order valence-corrected chi connectivity index (χ4v) is 8.60. The number of carbonyl (C=O) groups is 1. The SMILES string of the molecule is COCCCN1CCOc2ccc(CO[C@H]3CN(S(=O)(=O)c4ccc(C)cc4)[C@@H](CC(=O)NN)C[C@@H]3c3ccc(COC[C@@H](C)COC)cc3)cc21. The minimum absolute atomic E-state index is 0.0584. The zero-order valence-corrected chi connectivity index (χ0v) is 31.6. The third-order valence-corrected chi connectivity index (χ3v) is 11.6. The molecule has 3 N–H and O–H groups in total. The number of ether oxygens (including phenoxy) is 5. The summed E-state index contributed by atoms with van der Waals surface area (Å²) in [4.78, 5) is 15.2. The number of nitrogens with zero attached hydrogens (tertiary/aromatic N) is 2. The van der Waals surface area contributed by atoms with E-state index in [1.807, 2.05) is 31.2 Å². The highest BCUT2D eigenvalue weighted by atomic mass is 32.2. The molecule has 4 atom stereocenters. The first-order chi connectivity index (χ1) is 25.1. The quantitative estimate of drug-likeness (QED) is 0.0827. The first kappa shape index (κ1) is 39.6. The summed E-state index contributed by atoms with van der Waals surface area (Å²) in [6, 6.07) is 20.4. The molecular weight excluding hydrogens is 685 g/mol. The van der Waals surface area contributed by atoms with E-state index in [4.69, 9.17) is 29.5 Å². The van der Waals surface area contributed by atoms with Gasteiger partial charge in [0.2, 0.25) is 15.9 Å². The van der Waals surface area contributed by atoms with Crippen LogP contribution in [0.15, 0.2) is 71.6 Å². The highest BCUT2D eigenvalue weighted by Crippen LogP contribution is 2.39. The largest absolute Gasteiger partial charge is 0.490 e. The zero-order valence-electron chi connectivity index (χ0n) is 30.8. The number of methoxy groups -OCH3 is 2. The van der Waals surface area contributed by atoms with Crippen LogP contribution < -0.4 is 20.9 Å². The predicted molar refractivity (Wildman–Crippen MR) is 200 cm³/mol. The van der Waals surface area contributed by atoms with Crippen molar-refractivity contribution in [2.24, 2.45) is 11.8 Å². The van der Waals surface area contributed by atoms with Gasteiger partial charge in [0.15, 0.2) is 0 Å². The molecular formula is C39H54N4O8S. The Kier molecular flexibility index (Phi) is 14.5. The molecule has 13 heteroatoms. The highest BCUT2D eigenvalue weighted by molar-refractivity contribution is 7.89. The molecule has 0 aromatic heterocycles. The van der Waals surface area contributed by atoms with Crippen LogP contribution in [0.4, 0.5) is 5.69 Å². The molecule has 5 rings (SSSR count). The summed E-state index contributed by atoms with van der Waals surface area (Å²) < 4.78 is 59.0. The minimum Gasteiger partial charge on any atom is -0.490 e. The van der Waals surface area contributed by atoms with Crippen LogP contribution in [0, 0.1) is 12.8 Å². The molecule has 0 saturated carbocycles. The van der Waals surface area contributed by atoms with E-state index >= 15 is 0 Å². The van der Waals surface area contributed by atoms with Crippen molar-refractivity contribution in [1.29, 1.82) is 0 Å². The molecule has 1 fully saturated rings. The smallest absolute Gasteiger partial charge is 0.243 e. The van der Waals surface area contributed by atoms with Gasteiger partial charge in [0.25, 0.3) is 0 Å². The normalized spacial score (nSPS) is 19.9. The number of nitrogens with one attached hydrogen (secondary N) is 1. The highest BCUT2D eigenvalue weighted by Gasteiger charge is 2.43. The van der Waals surface area contributed by atoms with Gasteiger partial charge in [-0.25, -0.2) is 14.3 Å². The van der Waals surface area contributed by atoms with Crippen LogP contribution >= 0.6 is 0 Å². The lowest BCUT2D eigenvalue weighted by molar-refractivity contribution is -0.122. The number of anilines is 1. The Labute approximate surface area is 308 Å². The van der Waals surface area contributed by atoms with E-state index in [-0.39, 0.29) is 36.3 Å². The van der Waals surface area contributed by atoms with Crippen molar-refractivity contribution in [1.82, 2.24) is 9.73 Å². The van der Waals surface area contributed by atoms with Crippen LogP contribution in [0.5, 0.6) is 5.75 Å². The van der Waals surface area contributed by atoms with E-state index in [2.05, 4.69) is 35.4 Å². The fraction of sp³-hybridized carbons (Fsp3) is 0.513. The maximum absolute atomic E-state index is 14.2. The second-order valence-electron chi connectivity index (χ2n) is 13.8. The lowest BCUT2D eigenvalue weighted by Gasteiger charge is -2.43. The maximum Gasteiger partial charge on any atom is 0.243 e. The number of piperidine rings is 1. The average molecular weight is 739 g/mol. The van der Waals surface area contributed by atoms with Gasteiger partial charge < -0.3 is 28.6 Å². The van der Waals surface area contributed by atoms with Crippen molar-refractivity contribution in [2.45, 2.75) is 69.3 Å². The molecule has 0 radical (unpaired) electrons. The van der Waals surface area contributed by atoms with Gasteiger partial charge in [-0.05, 0) is 60.7 Å². The topological polar surface area (TPSA) is 142 Å². The Bertz CT molecular complexity index is 1690. The molecule has 52 heavy (non-hydrogen) atoms. The number of sulfonamides is 1. The van der Waals surface area contributed by atoms with Gasteiger partial charge in [-0.15, -0.1) is 0 Å². The van der Waals surface area contributed by atoms with Crippen molar-refractivity contribution < 1.29 is 36.9 Å². The van der Waals surface area contributed by atoms with Gasteiger partial charge in [-0.1, -0.05) is 55.0 Å². The van der Waals surface area contributed by atoms with E-state index in [0.29, 0.717) is 39.5 Å². The molecule has 2 heterocycles. The summed E-state index contributed by atoms with van der Waals surface area (Å²) in [6.07, 6.45) is 0.658. The maximum atomic E-state index is 14.2. The Balaban J connectivity index is 1.42. The van der Waals surface area contributed by atoms with Crippen molar-refractivity contribution in [3.8, 4) is 5.75 Å². The number of fused-ring (bicyclic) bond motifs is 1. The van der Waals surface area contributed by atoms with Crippen LogP contribution in [0.2, 0.25) is 0 Å². The number of hydrazine groups is 1. The molecule has 0 spiro atoms. The Morgan fingerprint density at radius 1 is 1.00 bits per heavy atom. The molecule has 0 unspecified atom stereocenters. The van der Waals surface area contributed by atoms with Crippen LogP contribution in [0.1, 0.15) is 54.4 Å². The number of aryl methyl sites for hydroxylation is 1. The number of hydrogen-bond donors (Lipinski definition) is 2. The number of nitrogens with two attached hydrogens (primary N) is 1. The van der Waals surface area contributed by atoms with Crippen molar-refractivity contribution in [3.63, 3.8) is 0 Å². The minimum atomic E-state index is -3.99. The van der Waals surface area contributed by atoms with Gasteiger partial charge in [-0.2, -0.15) is 4.31 Å². The van der Waals surface area contributed by atoms with Gasteiger partial charge in [0, 0.05) is 58.2 Å². The molecule has 2 aliphatic heterocycles. The molecule has 1 amide bonds. The summed E-state index contributed by atoms with van der Waals surface area (Å²) in [7, 11) is -0.598. The van der Waals surface area contributed by atoms with Gasteiger partial charge in [0.05, 0.1) is 49.7 Å². The molecule has 3 aromatic carbocycles. The molecule has 284 valence electrons. The van der Waals surface area contributed by atoms with Crippen molar-refractivity contribution >= 4 is 21.6 Å². The van der Waals surface area contributed by atoms with E-state index < -0.39 is 28.1 Å². The summed E-state index contributed by atoms with van der Waals surface area (Å²) in [5.74, 6) is 5.98. The van der Waals surface area contributed by atoms with Crippen LogP contribution in [0.3, 0.4) is 0 Å². The molecule has 12 nitrogen and oxygen atoms in total.